The smallest absolute Gasteiger partial charge is 0.338 e. The number of carbonyl (C=O) groups excluding carboxylic acids is 2. The Bertz CT molecular complexity index is 745. The molecule has 2 rings (SSSR count). The second-order valence-electron chi connectivity index (χ2n) is 6.33. The summed E-state index contributed by atoms with van der Waals surface area (Å²) in [6.45, 7) is 4.82. The molecule has 0 bridgehead atoms. The van der Waals surface area contributed by atoms with Gasteiger partial charge in [0.2, 0.25) is 0 Å². The van der Waals surface area contributed by atoms with Gasteiger partial charge in [-0.3, -0.25) is 5.21 Å². The molecule has 0 saturated carbocycles. The highest BCUT2D eigenvalue weighted by Gasteiger charge is 2.11. The SMILES string of the molecule is Cc1ccc(NC(=O)NCCCCNC(=O)N(O)c2ccc(C)cc2)cc1. The molecule has 0 heterocycles. The van der Waals surface area contributed by atoms with E-state index in [9.17, 15) is 14.8 Å². The molecule has 0 aromatic heterocycles. The summed E-state index contributed by atoms with van der Waals surface area (Å²) in [5.41, 5.74) is 3.33. The number of hydroxylamine groups is 1. The summed E-state index contributed by atoms with van der Waals surface area (Å²) in [6, 6.07) is 13.7. The molecule has 0 spiro atoms. The van der Waals surface area contributed by atoms with Crippen LogP contribution in [-0.4, -0.2) is 30.4 Å². The molecule has 0 fully saturated rings. The Kier molecular flexibility index (Phi) is 7.63. The number of carbonyl (C=O) groups is 2. The first-order valence-electron chi connectivity index (χ1n) is 8.91. The summed E-state index contributed by atoms with van der Waals surface area (Å²) < 4.78 is 0. The molecule has 2 aromatic rings. The molecule has 144 valence electrons. The first kappa shape index (κ1) is 20.3. The highest BCUT2D eigenvalue weighted by molar-refractivity contribution is 5.89. The van der Waals surface area contributed by atoms with Crippen molar-refractivity contribution in [2.75, 3.05) is 23.5 Å². The molecule has 0 unspecified atom stereocenters. The van der Waals surface area contributed by atoms with Crippen molar-refractivity contribution < 1.29 is 14.8 Å². The average molecular weight is 370 g/mol. The molecular weight excluding hydrogens is 344 g/mol. The van der Waals surface area contributed by atoms with E-state index in [1.807, 2.05) is 50.2 Å². The summed E-state index contributed by atoms with van der Waals surface area (Å²) in [4.78, 5) is 23.7. The molecule has 7 heteroatoms. The number of hydrogen-bond acceptors (Lipinski definition) is 3. The van der Waals surface area contributed by atoms with Gasteiger partial charge in [-0.15, -0.1) is 0 Å². The van der Waals surface area contributed by atoms with Crippen LogP contribution < -0.4 is 21.0 Å². The van der Waals surface area contributed by atoms with Gasteiger partial charge in [0, 0.05) is 18.8 Å². The van der Waals surface area contributed by atoms with Crippen molar-refractivity contribution in [3.05, 3.63) is 59.7 Å². The number of nitrogens with one attached hydrogen (secondary N) is 3. The topological polar surface area (TPSA) is 93.7 Å². The van der Waals surface area contributed by atoms with Crippen LogP contribution >= 0.6 is 0 Å². The van der Waals surface area contributed by atoms with Gasteiger partial charge in [0.25, 0.3) is 0 Å². The van der Waals surface area contributed by atoms with Crippen LogP contribution in [0.5, 0.6) is 0 Å². The third kappa shape index (κ3) is 6.99. The zero-order chi connectivity index (χ0) is 19.6. The van der Waals surface area contributed by atoms with Crippen molar-refractivity contribution >= 4 is 23.4 Å². The maximum Gasteiger partial charge on any atom is 0.345 e. The molecule has 0 radical (unpaired) electrons. The lowest BCUT2D eigenvalue weighted by atomic mass is 10.2. The maximum atomic E-state index is 11.9. The molecular formula is C20H26N4O3. The van der Waals surface area contributed by atoms with Crippen LogP contribution in [0.1, 0.15) is 24.0 Å². The van der Waals surface area contributed by atoms with Gasteiger partial charge in [-0.1, -0.05) is 35.4 Å². The standard InChI is InChI=1S/C20H26N4O3/c1-15-5-9-17(10-6-15)23-19(25)21-13-3-4-14-22-20(26)24(27)18-11-7-16(2)8-12-18/h5-12,27H,3-4,13-14H2,1-2H3,(H,22,26)(H2,21,23,25). The van der Waals surface area contributed by atoms with Gasteiger partial charge in [0.05, 0.1) is 5.69 Å². The van der Waals surface area contributed by atoms with E-state index in [-0.39, 0.29) is 6.03 Å². The predicted molar refractivity (Wildman–Crippen MR) is 106 cm³/mol. The van der Waals surface area contributed by atoms with E-state index in [0.29, 0.717) is 36.7 Å². The lowest BCUT2D eigenvalue weighted by molar-refractivity contribution is 0.204. The normalized spacial score (nSPS) is 10.2. The van der Waals surface area contributed by atoms with Crippen molar-refractivity contribution in [2.45, 2.75) is 26.7 Å². The number of nitrogens with zero attached hydrogens (tertiary/aromatic N) is 1. The number of rotatable bonds is 7. The number of anilines is 2. The molecule has 2 aromatic carbocycles. The Morgan fingerprint density at radius 3 is 1.96 bits per heavy atom. The molecule has 4 N–H and O–H groups in total. The maximum absolute atomic E-state index is 11.9. The number of aryl methyl sites for hydroxylation is 2. The van der Waals surface area contributed by atoms with E-state index >= 15 is 0 Å². The van der Waals surface area contributed by atoms with E-state index in [1.165, 1.54) is 0 Å². The van der Waals surface area contributed by atoms with Crippen molar-refractivity contribution in [3.63, 3.8) is 0 Å². The van der Waals surface area contributed by atoms with Gasteiger partial charge >= 0.3 is 12.1 Å². The van der Waals surface area contributed by atoms with Crippen LogP contribution in [0.25, 0.3) is 0 Å². The molecule has 4 amide bonds. The summed E-state index contributed by atoms with van der Waals surface area (Å²) >= 11 is 0. The number of amides is 4. The monoisotopic (exact) mass is 370 g/mol. The van der Waals surface area contributed by atoms with Gasteiger partial charge < -0.3 is 16.0 Å². The van der Waals surface area contributed by atoms with Crippen LogP contribution in [0.3, 0.4) is 0 Å². The van der Waals surface area contributed by atoms with E-state index in [0.717, 1.165) is 16.8 Å². The molecule has 0 atom stereocenters. The minimum atomic E-state index is -0.580. The van der Waals surface area contributed by atoms with Gasteiger partial charge in [-0.05, 0) is 51.0 Å². The van der Waals surface area contributed by atoms with E-state index < -0.39 is 6.03 Å². The Morgan fingerprint density at radius 2 is 1.37 bits per heavy atom. The highest BCUT2D eigenvalue weighted by Crippen LogP contribution is 2.13. The van der Waals surface area contributed by atoms with Crippen LogP contribution in [0.2, 0.25) is 0 Å². The van der Waals surface area contributed by atoms with Crippen LogP contribution in [0.4, 0.5) is 21.0 Å². The molecule has 7 nitrogen and oxygen atoms in total. The van der Waals surface area contributed by atoms with E-state index in [1.54, 1.807) is 12.1 Å². The van der Waals surface area contributed by atoms with E-state index in [4.69, 9.17) is 0 Å². The Balaban J connectivity index is 1.58. The molecule has 0 aliphatic rings. The quantitative estimate of drug-likeness (QED) is 0.339. The Morgan fingerprint density at radius 1 is 0.852 bits per heavy atom. The summed E-state index contributed by atoms with van der Waals surface area (Å²) in [5, 5.41) is 18.6. The van der Waals surface area contributed by atoms with Crippen LogP contribution in [0.15, 0.2) is 48.5 Å². The van der Waals surface area contributed by atoms with E-state index in [2.05, 4.69) is 16.0 Å². The number of hydrogen-bond donors (Lipinski definition) is 4. The summed E-state index contributed by atoms with van der Waals surface area (Å²) in [6.07, 6.45) is 1.38. The molecule has 0 aliphatic heterocycles. The lowest BCUT2D eigenvalue weighted by Crippen LogP contribution is -2.38. The minimum absolute atomic E-state index is 0.260. The van der Waals surface area contributed by atoms with Crippen LogP contribution in [-0.2, 0) is 0 Å². The third-order valence-electron chi connectivity index (χ3n) is 3.95. The summed E-state index contributed by atoms with van der Waals surface area (Å²) in [7, 11) is 0. The van der Waals surface area contributed by atoms with Crippen molar-refractivity contribution in [1.29, 1.82) is 0 Å². The average Bonchev–Trinajstić information content (AvgIpc) is 2.66. The van der Waals surface area contributed by atoms with Gasteiger partial charge in [-0.2, -0.15) is 5.06 Å². The summed E-state index contributed by atoms with van der Waals surface area (Å²) in [5.74, 6) is 0. The predicted octanol–water partition coefficient (Wildman–Crippen LogP) is 3.81. The molecule has 0 saturated heterocycles. The van der Waals surface area contributed by atoms with Crippen molar-refractivity contribution in [1.82, 2.24) is 10.6 Å². The zero-order valence-corrected chi connectivity index (χ0v) is 15.7. The van der Waals surface area contributed by atoms with Crippen molar-refractivity contribution in [2.24, 2.45) is 0 Å². The number of benzene rings is 2. The fourth-order valence-corrected chi connectivity index (χ4v) is 2.34. The number of unbranched alkanes of at least 4 members (excludes halogenated alkanes) is 1. The zero-order valence-electron chi connectivity index (χ0n) is 15.7. The second-order valence-corrected chi connectivity index (χ2v) is 6.33. The molecule has 0 aliphatic carbocycles. The third-order valence-corrected chi connectivity index (χ3v) is 3.95. The second kappa shape index (κ2) is 10.2. The Labute approximate surface area is 159 Å². The van der Waals surface area contributed by atoms with Gasteiger partial charge in [0.1, 0.15) is 0 Å². The first-order valence-corrected chi connectivity index (χ1v) is 8.91. The largest absolute Gasteiger partial charge is 0.345 e. The lowest BCUT2D eigenvalue weighted by Gasteiger charge is -2.16. The molecule has 27 heavy (non-hydrogen) atoms. The fourth-order valence-electron chi connectivity index (χ4n) is 2.34. The first-order chi connectivity index (χ1) is 13.0. The van der Waals surface area contributed by atoms with Gasteiger partial charge in [-0.25, -0.2) is 9.59 Å². The highest BCUT2D eigenvalue weighted by atomic mass is 16.5. The number of urea groups is 2. The fraction of sp³-hybridized carbons (Fsp3) is 0.300. The Hall–Kier alpha value is -3.06. The minimum Gasteiger partial charge on any atom is -0.338 e. The van der Waals surface area contributed by atoms with Gasteiger partial charge in [0.15, 0.2) is 0 Å². The van der Waals surface area contributed by atoms with Crippen LogP contribution in [0, 0.1) is 13.8 Å². The van der Waals surface area contributed by atoms with Crippen molar-refractivity contribution in [3.8, 4) is 0 Å².